The highest BCUT2D eigenvalue weighted by Crippen LogP contribution is 2.25. The van der Waals surface area contributed by atoms with Gasteiger partial charge in [-0.15, -0.1) is 0 Å². The first-order chi connectivity index (χ1) is 15.8. The summed E-state index contributed by atoms with van der Waals surface area (Å²) in [6, 6.07) is 9.28. The summed E-state index contributed by atoms with van der Waals surface area (Å²) in [5, 5.41) is 3.21. The van der Waals surface area contributed by atoms with Crippen LogP contribution in [-0.2, 0) is 26.2 Å². The Morgan fingerprint density at radius 3 is 2.26 bits per heavy atom. The molecule has 0 heterocycles. The van der Waals surface area contributed by atoms with Crippen molar-refractivity contribution < 1.29 is 22.4 Å². The molecule has 0 saturated carbocycles. The second kappa shape index (κ2) is 11.7. The second-order valence-electron chi connectivity index (χ2n) is 8.35. The highest BCUT2D eigenvalue weighted by Gasteiger charge is 2.30. The van der Waals surface area contributed by atoms with Crippen molar-refractivity contribution in [2.75, 3.05) is 17.1 Å². The minimum atomic E-state index is -3.85. The average molecular weight is 512 g/mol. The largest absolute Gasteiger partial charge is 0.352 e. The third-order valence-corrected chi connectivity index (χ3v) is 7.10. The number of anilines is 1. The Morgan fingerprint density at radius 2 is 1.74 bits per heavy atom. The first kappa shape index (κ1) is 27.6. The van der Waals surface area contributed by atoms with Crippen LogP contribution >= 0.6 is 11.6 Å². The lowest BCUT2D eigenvalue weighted by atomic mass is 10.1. The van der Waals surface area contributed by atoms with E-state index in [0.717, 1.165) is 16.1 Å². The van der Waals surface area contributed by atoms with E-state index in [1.54, 1.807) is 26.0 Å². The number of halogens is 2. The van der Waals surface area contributed by atoms with Crippen LogP contribution in [0, 0.1) is 12.7 Å². The number of carbonyl (C=O) groups excluding carboxylic acids is 2. The van der Waals surface area contributed by atoms with Crippen LogP contribution in [0.4, 0.5) is 10.1 Å². The highest BCUT2D eigenvalue weighted by atomic mass is 35.5. The number of carbonyl (C=O) groups is 2. The van der Waals surface area contributed by atoms with Crippen molar-refractivity contribution in [2.24, 2.45) is 0 Å². The van der Waals surface area contributed by atoms with E-state index < -0.39 is 34.3 Å². The molecule has 2 amide bonds. The predicted octanol–water partition coefficient (Wildman–Crippen LogP) is 3.89. The van der Waals surface area contributed by atoms with E-state index in [2.05, 4.69) is 5.32 Å². The van der Waals surface area contributed by atoms with Crippen LogP contribution in [0.1, 0.15) is 38.3 Å². The lowest BCUT2D eigenvalue weighted by Gasteiger charge is -2.32. The fourth-order valence-corrected chi connectivity index (χ4v) is 4.20. The van der Waals surface area contributed by atoms with E-state index in [-0.39, 0.29) is 24.2 Å². The van der Waals surface area contributed by atoms with E-state index in [1.807, 2.05) is 13.8 Å². The van der Waals surface area contributed by atoms with Crippen molar-refractivity contribution >= 4 is 39.1 Å². The number of aryl methyl sites for hydroxylation is 1. The van der Waals surface area contributed by atoms with Gasteiger partial charge in [-0.25, -0.2) is 12.8 Å². The maximum absolute atomic E-state index is 13.4. The molecule has 0 unspecified atom stereocenters. The molecule has 0 fully saturated rings. The summed E-state index contributed by atoms with van der Waals surface area (Å²) in [5.41, 5.74) is 1.60. The van der Waals surface area contributed by atoms with Crippen LogP contribution in [0.5, 0.6) is 0 Å². The normalized spacial score (nSPS) is 13.1. The summed E-state index contributed by atoms with van der Waals surface area (Å²) in [6.45, 7) is 6.61. The van der Waals surface area contributed by atoms with Crippen molar-refractivity contribution in [3.05, 3.63) is 64.4 Å². The molecule has 7 nitrogen and oxygen atoms in total. The van der Waals surface area contributed by atoms with Gasteiger partial charge in [0.25, 0.3) is 0 Å². The molecular formula is C24H31ClFN3O4S. The van der Waals surface area contributed by atoms with Gasteiger partial charge in [-0.05, 0) is 62.6 Å². The predicted molar refractivity (Wildman–Crippen MR) is 133 cm³/mol. The third-order valence-electron chi connectivity index (χ3n) is 5.56. The second-order valence-corrected chi connectivity index (χ2v) is 10.7. The van der Waals surface area contributed by atoms with Crippen LogP contribution in [0.15, 0.2) is 42.5 Å². The summed E-state index contributed by atoms with van der Waals surface area (Å²) < 4.78 is 39.5. The maximum atomic E-state index is 13.4. The lowest BCUT2D eigenvalue weighted by Crippen LogP contribution is -2.52. The zero-order valence-electron chi connectivity index (χ0n) is 20.0. The molecule has 0 aliphatic heterocycles. The molecule has 0 spiro atoms. The van der Waals surface area contributed by atoms with E-state index in [0.29, 0.717) is 17.0 Å². The van der Waals surface area contributed by atoms with E-state index in [1.165, 1.54) is 35.2 Å². The van der Waals surface area contributed by atoms with Gasteiger partial charge in [0.2, 0.25) is 21.8 Å². The monoisotopic (exact) mass is 511 g/mol. The minimum absolute atomic E-state index is 0.000458. The molecule has 0 saturated heterocycles. The average Bonchev–Trinajstić information content (AvgIpc) is 2.77. The topological polar surface area (TPSA) is 86.8 Å². The zero-order valence-corrected chi connectivity index (χ0v) is 21.6. The summed E-state index contributed by atoms with van der Waals surface area (Å²) >= 11 is 6.18. The number of rotatable bonds is 10. The number of hydrogen-bond acceptors (Lipinski definition) is 4. The Balaban J connectivity index is 2.39. The van der Waals surface area contributed by atoms with E-state index in [4.69, 9.17) is 11.6 Å². The Labute approximate surface area is 205 Å². The van der Waals surface area contributed by atoms with Crippen LogP contribution in [0.25, 0.3) is 0 Å². The van der Waals surface area contributed by atoms with E-state index >= 15 is 0 Å². The highest BCUT2D eigenvalue weighted by molar-refractivity contribution is 7.92. The van der Waals surface area contributed by atoms with Crippen molar-refractivity contribution in [3.8, 4) is 0 Å². The van der Waals surface area contributed by atoms with Crippen molar-refractivity contribution in [1.29, 1.82) is 0 Å². The Morgan fingerprint density at radius 1 is 1.12 bits per heavy atom. The molecule has 34 heavy (non-hydrogen) atoms. The molecule has 186 valence electrons. The molecular weight excluding hydrogens is 481 g/mol. The van der Waals surface area contributed by atoms with Crippen molar-refractivity contribution in [3.63, 3.8) is 0 Å². The van der Waals surface area contributed by atoms with Crippen LogP contribution in [0.3, 0.4) is 0 Å². The molecule has 2 rings (SSSR count). The third kappa shape index (κ3) is 7.43. The Bertz CT molecular complexity index is 1130. The molecule has 0 aromatic heterocycles. The van der Waals surface area contributed by atoms with Gasteiger partial charge < -0.3 is 10.2 Å². The van der Waals surface area contributed by atoms with Crippen LogP contribution in [-0.4, -0.2) is 50.0 Å². The smallest absolute Gasteiger partial charge is 0.244 e. The van der Waals surface area contributed by atoms with Gasteiger partial charge in [0.15, 0.2) is 0 Å². The Kier molecular flexibility index (Phi) is 9.46. The number of nitrogens with zero attached hydrogens (tertiary/aromatic N) is 2. The molecule has 0 aliphatic rings. The van der Waals surface area contributed by atoms with Gasteiger partial charge in [0.1, 0.15) is 18.4 Å². The molecule has 1 N–H and O–H groups in total. The number of amides is 2. The standard InChI is InChI=1S/C24H31ClFN3O4S/c1-6-17(3)27-24(31)18(4)28(14-19-8-10-20(26)11-9-19)23(30)15-29(34(5,32)33)21-12-7-16(2)22(25)13-21/h7-13,17-18H,6,14-15H2,1-5H3,(H,27,31)/t17-,18+/m1/s1. The molecule has 0 aliphatic carbocycles. The fraction of sp³-hybridized carbons (Fsp3) is 0.417. The number of benzene rings is 2. The summed E-state index contributed by atoms with van der Waals surface area (Å²) in [6.07, 6.45) is 1.71. The molecule has 2 aromatic carbocycles. The molecule has 2 atom stereocenters. The van der Waals surface area contributed by atoms with Crippen LogP contribution < -0.4 is 9.62 Å². The lowest BCUT2D eigenvalue weighted by molar-refractivity contribution is -0.139. The number of hydrogen-bond donors (Lipinski definition) is 1. The van der Waals surface area contributed by atoms with Crippen LogP contribution in [0.2, 0.25) is 5.02 Å². The zero-order chi connectivity index (χ0) is 25.6. The van der Waals surface area contributed by atoms with Gasteiger partial charge in [0, 0.05) is 17.6 Å². The number of nitrogens with one attached hydrogen (secondary N) is 1. The van der Waals surface area contributed by atoms with Crippen molar-refractivity contribution in [1.82, 2.24) is 10.2 Å². The number of sulfonamides is 1. The molecule has 10 heteroatoms. The first-order valence-electron chi connectivity index (χ1n) is 10.9. The molecule has 2 aromatic rings. The van der Waals surface area contributed by atoms with Gasteiger partial charge in [0.05, 0.1) is 11.9 Å². The minimum Gasteiger partial charge on any atom is -0.352 e. The van der Waals surface area contributed by atoms with Gasteiger partial charge >= 0.3 is 0 Å². The molecule has 0 bridgehead atoms. The van der Waals surface area contributed by atoms with Gasteiger partial charge in [-0.3, -0.25) is 13.9 Å². The van der Waals surface area contributed by atoms with Crippen molar-refractivity contribution in [2.45, 2.75) is 52.7 Å². The fourth-order valence-electron chi connectivity index (χ4n) is 3.19. The Hall–Kier alpha value is -2.65. The summed E-state index contributed by atoms with van der Waals surface area (Å²) in [5.74, 6) is -1.38. The quantitative estimate of drug-likeness (QED) is 0.524. The van der Waals surface area contributed by atoms with Gasteiger partial charge in [-0.2, -0.15) is 0 Å². The maximum Gasteiger partial charge on any atom is 0.244 e. The summed E-state index contributed by atoms with van der Waals surface area (Å²) in [4.78, 5) is 27.5. The SMILES string of the molecule is CC[C@@H](C)NC(=O)[C@H](C)N(Cc1ccc(F)cc1)C(=O)CN(c1ccc(C)c(Cl)c1)S(C)(=O)=O. The first-order valence-corrected chi connectivity index (χ1v) is 13.1. The van der Waals surface area contributed by atoms with Gasteiger partial charge in [-0.1, -0.05) is 36.7 Å². The van der Waals surface area contributed by atoms with E-state index in [9.17, 15) is 22.4 Å². The summed E-state index contributed by atoms with van der Waals surface area (Å²) in [7, 11) is -3.85. The molecule has 0 radical (unpaired) electrons.